The Labute approximate surface area is 129 Å². The molecule has 1 fully saturated rings. The number of aromatic nitrogens is 3. The molecule has 0 bridgehead atoms. The fraction of sp³-hybridized carbons (Fsp3) is 0.400. The lowest BCUT2D eigenvalue weighted by molar-refractivity contribution is 0.225. The van der Waals surface area contributed by atoms with Crippen molar-refractivity contribution < 1.29 is 4.74 Å². The monoisotopic (exact) mass is 304 g/mol. The maximum absolute atomic E-state index is 6.08. The fourth-order valence-electron chi connectivity index (χ4n) is 2.48. The minimum absolute atomic E-state index is 0.103. The minimum Gasteiger partial charge on any atom is -0.487 e. The highest BCUT2D eigenvalue weighted by molar-refractivity contribution is 6.31. The van der Waals surface area contributed by atoms with E-state index in [1.54, 1.807) is 24.7 Å². The summed E-state index contributed by atoms with van der Waals surface area (Å²) in [6, 6.07) is 1.79. The molecule has 1 atom stereocenters. The van der Waals surface area contributed by atoms with E-state index in [0.717, 1.165) is 36.7 Å². The number of pyridine rings is 1. The van der Waals surface area contributed by atoms with E-state index in [9.17, 15) is 0 Å². The molecular weight excluding hydrogens is 288 g/mol. The number of aryl methyl sites for hydroxylation is 2. The van der Waals surface area contributed by atoms with E-state index in [1.165, 1.54) is 0 Å². The molecule has 0 amide bonds. The Morgan fingerprint density at radius 1 is 1.33 bits per heavy atom. The summed E-state index contributed by atoms with van der Waals surface area (Å²) in [7, 11) is 0. The summed E-state index contributed by atoms with van der Waals surface area (Å²) in [5.74, 6) is 1.63. The van der Waals surface area contributed by atoms with Crippen molar-refractivity contribution >= 4 is 17.4 Å². The van der Waals surface area contributed by atoms with Gasteiger partial charge in [0.2, 0.25) is 0 Å². The van der Waals surface area contributed by atoms with Gasteiger partial charge in [0.15, 0.2) is 0 Å². The highest BCUT2D eigenvalue weighted by Gasteiger charge is 2.26. The van der Waals surface area contributed by atoms with Crippen LogP contribution in [0.5, 0.6) is 5.75 Å². The van der Waals surface area contributed by atoms with Gasteiger partial charge in [-0.3, -0.25) is 9.97 Å². The lowest BCUT2D eigenvalue weighted by atomic mass is 10.3. The van der Waals surface area contributed by atoms with E-state index in [1.807, 2.05) is 13.8 Å². The molecule has 0 aromatic carbocycles. The highest BCUT2D eigenvalue weighted by atomic mass is 35.5. The SMILES string of the molecule is Cc1cnc(C)c(N2CCC(Oc3ccncc3Cl)C2)n1. The first-order valence-electron chi connectivity index (χ1n) is 6.95. The molecule has 1 aliphatic heterocycles. The van der Waals surface area contributed by atoms with Crippen molar-refractivity contribution in [3.8, 4) is 5.75 Å². The van der Waals surface area contributed by atoms with Crippen molar-refractivity contribution in [1.29, 1.82) is 0 Å². The first-order valence-corrected chi connectivity index (χ1v) is 7.32. The van der Waals surface area contributed by atoms with E-state index in [4.69, 9.17) is 16.3 Å². The molecule has 0 radical (unpaired) electrons. The Hall–Kier alpha value is -1.88. The Morgan fingerprint density at radius 3 is 3.00 bits per heavy atom. The molecule has 110 valence electrons. The number of hydrogen-bond acceptors (Lipinski definition) is 5. The quantitative estimate of drug-likeness (QED) is 0.873. The summed E-state index contributed by atoms with van der Waals surface area (Å²) in [5.41, 5.74) is 1.88. The van der Waals surface area contributed by atoms with Crippen molar-refractivity contribution in [2.75, 3.05) is 18.0 Å². The zero-order chi connectivity index (χ0) is 14.8. The smallest absolute Gasteiger partial charge is 0.150 e. The minimum atomic E-state index is 0.103. The average molecular weight is 305 g/mol. The largest absolute Gasteiger partial charge is 0.487 e. The Morgan fingerprint density at radius 2 is 2.19 bits per heavy atom. The molecule has 0 saturated carbocycles. The van der Waals surface area contributed by atoms with E-state index in [0.29, 0.717) is 10.8 Å². The van der Waals surface area contributed by atoms with Crippen molar-refractivity contribution in [3.05, 3.63) is 41.1 Å². The lowest BCUT2D eigenvalue weighted by Crippen LogP contribution is -2.26. The normalized spacial score (nSPS) is 18.0. The fourth-order valence-corrected chi connectivity index (χ4v) is 2.64. The van der Waals surface area contributed by atoms with Gasteiger partial charge in [-0.25, -0.2) is 4.98 Å². The van der Waals surface area contributed by atoms with Gasteiger partial charge < -0.3 is 9.64 Å². The molecule has 0 aliphatic carbocycles. The molecule has 6 heteroatoms. The molecule has 3 heterocycles. The van der Waals surface area contributed by atoms with Gasteiger partial charge in [-0.15, -0.1) is 0 Å². The van der Waals surface area contributed by atoms with Crippen LogP contribution < -0.4 is 9.64 Å². The van der Waals surface area contributed by atoms with E-state index >= 15 is 0 Å². The summed E-state index contributed by atoms with van der Waals surface area (Å²) >= 11 is 6.08. The van der Waals surface area contributed by atoms with Crippen LogP contribution in [0.3, 0.4) is 0 Å². The van der Waals surface area contributed by atoms with Crippen LogP contribution in [0.4, 0.5) is 5.82 Å². The third kappa shape index (κ3) is 3.08. The molecule has 1 aliphatic rings. The predicted octanol–water partition coefficient (Wildman–Crippen LogP) is 2.80. The van der Waals surface area contributed by atoms with Crippen molar-refractivity contribution in [3.63, 3.8) is 0 Å². The zero-order valence-electron chi connectivity index (χ0n) is 12.1. The van der Waals surface area contributed by atoms with Gasteiger partial charge in [-0.05, 0) is 13.8 Å². The highest BCUT2D eigenvalue weighted by Crippen LogP contribution is 2.27. The van der Waals surface area contributed by atoms with Gasteiger partial charge in [0.25, 0.3) is 0 Å². The predicted molar refractivity (Wildman–Crippen MR) is 82.0 cm³/mol. The third-order valence-corrected chi connectivity index (χ3v) is 3.81. The van der Waals surface area contributed by atoms with E-state index < -0.39 is 0 Å². The summed E-state index contributed by atoms with van der Waals surface area (Å²) in [5, 5.41) is 0.544. The van der Waals surface area contributed by atoms with Gasteiger partial charge in [0.05, 0.1) is 17.9 Å². The molecule has 5 nitrogen and oxygen atoms in total. The summed E-state index contributed by atoms with van der Waals surface area (Å²) in [6.07, 6.45) is 6.11. The van der Waals surface area contributed by atoms with E-state index in [2.05, 4.69) is 19.9 Å². The first-order chi connectivity index (χ1) is 10.1. The Balaban J connectivity index is 1.71. The van der Waals surface area contributed by atoms with Crippen LogP contribution in [0, 0.1) is 13.8 Å². The van der Waals surface area contributed by atoms with Crippen LogP contribution in [0.2, 0.25) is 5.02 Å². The summed E-state index contributed by atoms with van der Waals surface area (Å²) in [4.78, 5) is 15.1. The van der Waals surface area contributed by atoms with Crippen molar-refractivity contribution in [2.24, 2.45) is 0 Å². The average Bonchev–Trinajstić information content (AvgIpc) is 2.92. The van der Waals surface area contributed by atoms with Crippen LogP contribution in [0.15, 0.2) is 24.7 Å². The van der Waals surface area contributed by atoms with Crippen molar-refractivity contribution in [1.82, 2.24) is 15.0 Å². The molecule has 3 rings (SSSR count). The number of anilines is 1. The van der Waals surface area contributed by atoms with Gasteiger partial charge in [-0.2, -0.15) is 0 Å². The van der Waals surface area contributed by atoms with Crippen LogP contribution >= 0.6 is 11.6 Å². The molecule has 1 unspecified atom stereocenters. The Kier molecular flexibility index (Phi) is 3.92. The number of rotatable bonds is 3. The van der Waals surface area contributed by atoms with Crippen molar-refractivity contribution in [2.45, 2.75) is 26.4 Å². The van der Waals surface area contributed by atoms with Gasteiger partial charge >= 0.3 is 0 Å². The second kappa shape index (κ2) is 5.85. The van der Waals surface area contributed by atoms with Crippen LogP contribution in [0.1, 0.15) is 17.8 Å². The number of hydrogen-bond donors (Lipinski definition) is 0. The van der Waals surface area contributed by atoms with Crippen LogP contribution in [-0.2, 0) is 0 Å². The second-order valence-electron chi connectivity index (χ2n) is 5.20. The standard InChI is InChI=1S/C15H17ClN4O/c1-10-7-18-11(2)15(19-10)20-6-4-12(9-20)21-14-3-5-17-8-13(14)16/h3,5,7-8,12H,4,6,9H2,1-2H3. The molecule has 21 heavy (non-hydrogen) atoms. The van der Waals surface area contributed by atoms with Crippen LogP contribution in [0.25, 0.3) is 0 Å². The number of nitrogens with zero attached hydrogens (tertiary/aromatic N) is 4. The van der Waals surface area contributed by atoms with Gasteiger partial charge in [0.1, 0.15) is 22.7 Å². The zero-order valence-corrected chi connectivity index (χ0v) is 12.8. The number of halogens is 1. The maximum atomic E-state index is 6.08. The second-order valence-corrected chi connectivity index (χ2v) is 5.61. The summed E-state index contributed by atoms with van der Waals surface area (Å²) < 4.78 is 5.97. The number of ether oxygens (including phenoxy) is 1. The topological polar surface area (TPSA) is 51.1 Å². The molecule has 2 aromatic rings. The summed E-state index contributed by atoms with van der Waals surface area (Å²) in [6.45, 7) is 5.64. The van der Waals surface area contributed by atoms with Gasteiger partial charge in [-0.1, -0.05) is 11.6 Å². The molecule has 0 N–H and O–H groups in total. The van der Waals surface area contributed by atoms with Crippen LogP contribution in [-0.4, -0.2) is 34.1 Å². The van der Waals surface area contributed by atoms with Gasteiger partial charge in [0, 0.05) is 37.6 Å². The third-order valence-electron chi connectivity index (χ3n) is 3.52. The Bertz CT molecular complexity index is 649. The molecule has 0 spiro atoms. The molecular formula is C15H17ClN4O. The molecule has 1 saturated heterocycles. The maximum Gasteiger partial charge on any atom is 0.150 e. The molecule has 2 aromatic heterocycles. The lowest BCUT2D eigenvalue weighted by Gasteiger charge is -2.20. The van der Waals surface area contributed by atoms with E-state index in [-0.39, 0.29) is 6.10 Å². The first kappa shape index (κ1) is 14.1.